The minimum absolute atomic E-state index is 0.0942. The summed E-state index contributed by atoms with van der Waals surface area (Å²) in [5, 5.41) is 0. The summed E-state index contributed by atoms with van der Waals surface area (Å²) in [5.74, 6) is 0. The number of aromatic nitrogens is 2. The van der Waals surface area contributed by atoms with Crippen LogP contribution in [0.2, 0.25) is 19.6 Å². The Morgan fingerprint density at radius 1 is 1.46 bits per heavy atom. The lowest BCUT2D eigenvalue weighted by atomic mass is 10.6. The average Bonchev–Trinajstić information content (AvgIpc) is 1.96. The van der Waals surface area contributed by atoms with Crippen LogP contribution in [0.4, 0.5) is 0 Å². The molecule has 72 valence electrons. The fourth-order valence-corrected chi connectivity index (χ4v) is 1.56. The van der Waals surface area contributed by atoms with Crippen molar-refractivity contribution in [1.29, 1.82) is 0 Å². The lowest BCUT2D eigenvalue weighted by Gasteiger charge is -2.19. The van der Waals surface area contributed by atoms with Gasteiger partial charge in [0.1, 0.15) is 0 Å². The molecule has 1 aromatic heterocycles. The first-order valence-corrected chi connectivity index (χ1v) is 7.52. The zero-order valence-electron chi connectivity index (χ0n) is 8.37. The number of hydrogen-bond acceptors (Lipinski definition) is 3. The Balaban J connectivity index is 3.03. The van der Waals surface area contributed by atoms with E-state index >= 15 is 0 Å². The zero-order chi connectivity index (χ0) is 10.1. The van der Waals surface area contributed by atoms with Gasteiger partial charge in [0.2, 0.25) is 8.32 Å². The standard InChI is InChI=1S/C8H14N2O2Si/c1-10-7(11)5-6-9-8(10)12-13(2,3)4/h5-6H,1-4H3. The molecule has 0 atom stereocenters. The largest absolute Gasteiger partial charge is 0.519 e. The molecule has 1 aromatic rings. The quantitative estimate of drug-likeness (QED) is 0.666. The van der Waals surface area contributed by atoms with E-state index in [0.717, 1.165) is 0 Å². The van der Waals surface area contributed by atoms with Crippen molar-refractivity contribution < 1.29 is 4.43 Å². The molecule has 0 saturated heterocycles. The summed E-state index contributed by atoms with van der Waals surface area (Å²) in [6, 6.07) is 1.82. The monoisotopic (exact) mass is 198 g/mol. The van der Waals surface area contributed by atoms with Crippen LogP contribution in [-0.2, 0) is 7.05 Å². The van der Waals surface area contributed by atoms with Gasteiger partial charge >= 0.3 is 0 Å². The predicted octanol–water partition coefficient (Wildman–Crippen LogP) is 0.994. The van der Waals surface area contributed by atoms with E-state index in [1.807, 2.05) is 19.6 Å². The molecule has 0 N–H and O–H groups in total. The molecule has 1 heterocycles. The van der Waals surface area contributed by atoms with Crippen molar-refractivity contribution in [3.05, 3.63) is 22.6 Å². The maximum Gasteiger partial charge on any atom is 0.284 e. The fourth-order valence-electron chi connectivity index (χ4n) is 0.826. The molecule has 0 amide bonds. The third kappa shape index (κ3) is 2.69. The Kier molecular flexibility index (Phi) is 2.56. The van der Waals surface area contributed by atoms with Crippen molar-refractivity contribution in [3.63, 3.8) is 0 Å². The molecule has 0 fully saturated rings. The summed E-state index contributed by atoms with van der Waals surface area (Å²) in [5.41, 5.74) is -0.0942. The van der Waals surface area contributed by atoms with Crippen molar-refractivity contribution in [3.8, 4) is 6.01 Å². The molecule has 0 saturated carbocycles. The number of nitrogens with zero attached hydrogens (tertiary/aromatic N) is 2. The van der Waals surface area contributed by atoms with E-state index in [1.165, 1.54) is 16.8 Å². The Labute approximate surface area is 78.3 Å². The molecule has 0 aliphatic rings. The lowest BCUT2D eigenvalue weighted by molar-refractivity contribution is 0.470. The third-order valence-electron chi connectivity index (χ3n) is 1.42. The molecule has 0 aliphatic heterocycles. The van der Waals surface area contributed by atoms with Crippen LogP contribution < -0.4 is 9.99 Å². The maximum atomic E-state index is 11.2. The van der Waals surface area contributed by atoms with E-state index in [1.54, 1.807) is 7.05 Å². The third-order valence-corrected chi connectivity index (χ3v) is 2.21. The topological polar surface area (TPSA) is 44.1 Å². The van der Waals surface area contributed by atoms with Crippen LogP contribution in [0.25, 0.3) is 0 Å². The van der Waals surface area contributed by atoms with Crippen molar-refractivity contribution in [2.24, 2.45) is 7.05 Å². The minimum Gasteiger partial charge on any atom is -0.519 e. The summed E-state index contributed by atoms with van der Waals surface area (Å²) >= 11 is 0. The van der Waals surface area contributed by atoms with Crippen LogP contribution in [0.5, 0.6) is 6.01 Å². The van der Waals surface area contributed by atoms with Crippen molar-refractivity contribution in [2.75, 3.05) is 0 Å². The van der Waals surface area contributed by atoms with Crippen LogP contribution in [0.15, 0.2) is 17.1 Å². The SMILES string of the molecule is Cn1c(O[Si](C)(C)C)nccc1=O. The summed E-state index contributed by atoms with van der Waals surface area (Å²) < 4.78 is 7.02. The smallest absolute Gasteiger partial charge is 0.284 e. The van der Waals surface area contributed by atoms with Gasteiger partial charge < -0.3 is 4.43 Å². The number of hydrogen-bond donors (Lipinski definition) is 0. The average molecular weight is 198 g/mol. The first-order valence-electron chi connectivity index (χ1n) is 4.11. The van der Waals surface area contributed by atoms with Crippen LogP contribution >= 0.6 is 0 Å². The van der Waals surface area contributed by atoms with Gasteiger partial charge in [-0.15, -0.1) is 0 Å². The van der Waals surface area contributed by atoms with Crippen LogP contribution in [-0.4, -0.2) is 17.9 Å². The van der Waals surface area contributed by atoms with Gasteiger partial charge in [0.05, 0.1) is 0 Å². The van der Waals surface area contributed by atoms with Gasteiger partial charge in [-0.1, -0.05) is 0 Å². The second-order valence-electron chi connectivity index (χ2n) is 3.84. The van der Waals surface area contributed by atoms with Crippen LogP contribution in [0.1, 0.15) is 0 Å². The van der Waals surface area contributed by atoms with Crippen LogP contribution in [0, 0.1) is 0 Å². The summed E-state index contributed by atoms with van der Waals surface area (Å²) in [6.45, 7) is 6.14. The van der Waals surface area contributed by atoms with E-state index in [0.29, 0.717) is 6.01 Å². The van der Waals surface area contributed by atoms with Gasteiger partial charge in [0, 0.05) is 19.3 Å². The molecule has 0 bridgehead atoms. The molecule has 0 spiro atoms. The van der Waals surface area contributed by atoms with Gasteiger partial charge in [0.15, 0.2) is 0 Å². The first kappa shape index (κ1) is 9.98. The molecular formula is C8H14N2O2Si. The van der Waals surface area contributed by atoms with Gasteiger partial charge in [0.25, 0.3) is 11.6 Å². The second kappa shape index (κ2) is 3.33. The molecule has 0 radical (unpaired) electrons. The zero-order valence-corrected chi connectivity index (χ0v) is 9.37. The molecular weight excluding hydrogens is 184 g/mol. The Bertz CT molecular complexity index is 354. The van der Waals surface area contributed by atoms with E-state index in [9.17, 15) is 4.79 Å². The molecule has 0 aromatic carbocycles. The molecule has 0 aliphatic carbocycles. The van der Waals surface area contributed by atoms with Crippen molar-refractivity contribution in [1.82, 2.24) is 9.55 Å². The normalized spacial score (nSPS) is 11.4. The molecule has 0 unspecified atom stereocenters. The first-order chi connectivity index (χ1) is 5.90. The summed E-state index contributed by atoms with van der Waals surface area (Å²) in [7, 11) is -0.0170. The summed E-state index contributed by atoms with van der Waals surface area (Å²) in [6.07, 6.45) is 1.47. The van der Waals surface area contributed by atoms with E-state index in [2.05, 4.69) is 4.98 Å². The molecule has 1 rings (SSSR count). The molecule has 13 heavy (non-hydrogen) atoms. The minimum atomic E-state index is -1.67. The highest BCUT2D eigenvalue weighted by atomic mass is 28.4. The molecule has 4 nitrogen and oxygen atoms in total. The summed E-state index contributed by atoms with van der Waals surface area (Å²) in [4.78, 5) is 15.2. The highest BCUT2D eigenvalue weighted by Gasteiger charge is 2.18. The fraction of sp³-hybridized carbons (Fsp3) is 0.500. The highest BCUT2D eigenvalue weighted by molar-refractivity contribution is 6.70. The Morgan fingerprint density at radius 3 is 2.62 bits per heavy atom. The molecule has 5 heteroatoms. The van der Waals surface area contributed by atoms with Crippen LogP contribution in [0.3, 0.4) is 0 Å². The van der Waals surface area contributed by atoms with Gasteiger partial charge in [-0.25, -0.2) is 4.98 Å². The van der Waals surface area contributed by atoms with Gasteiger partial charge in [-0.2, -0.15) is 0 Å². The van der Waals surface area contributed by atoms with E-state index in [4.69, 9.17) is 4.43 Å². The Morgan fingerprint density at radius 2 is 2.08 bits per heavy atom. The van der Waals surface area contributed by atoms with E-state index in [-0.39, 0.29) is 5.56 Å². The highest BCUT2D eigenvalue weighted by Crippen LogP contribution is 2.08. The predicted molar refractivity (Wildman–Crippen MR) is 53.5 cm³/mol. The van der Waals surface area contributed by atoms with E-state index < -0.39 is 8.32 Å². The number of rotatable bonds is 2. The van der Waals surface area contributed by atoms with Crippen molar-refractivity contribution in [2.45, 2.75) is 19.6 Å². The second-order valence-corrected chi connectivity index (χ2v) is 8.27. The van der Waals surface area contributed by atoms with Gasteiger partial charge in [-0.05, 0) is 19.6 Å². The van der Waals surface area contributed by atoms with Gasteiger partial charge in [-0.3, -0.25) is 9.36 Å². The lowest BCUT2D eigenvalue weighted by Crippen LogP contribution is -2.33. The Hall–Kier alpha value is -1.10. The van der Waals surface area contributed by atoms with Crippen molar-refractivity contribution >= 4 is 8.32 Å². The maximum absolute atomic E-state index is 11.2.